The average Bonchev–Trinajstić information content (AvgIpc) is 2.96. The van der Waals surface area contributed by atoms with Crippen molar-refractivity contribution in [1.29, 1.82) is 0 Å². The van der Waals surface area contributed by atoms with Crippen LogP contribution in [-0.2, 0) is 24.0 Å². The highest BCUT2D eigenvalue weighted by molar-refractivity contribution is 5.84. The number of Topliss-reactive ketones (excluding diaryl/α,β-unsaturated/α-hetero) is 2. The Kier molecular flexibility index (Phi) is 27.0. The molecule has 0 rings (SSSR count). The Balaban J connectivity index is 3.99. The Morgan fingerprint density at radius 2 is 1.21 bits per heavy atom. The monoisotopic (exact) mass is 609 g/mol. The number of amides is 2. The summed E-state index contributed by atoms with van der Waals surface area (Å²) in [6, 6.07) is -1.08. The zero-order valence-corrected chi connectivity index (χ0v) is 27.4. The number of nitrogens with one attached hydrogen (secondary N) is 2. The molecule has 9 nitrogen and oxygen atoms in total. The molecule has 0 aliphatic rings. The van der Waals surface area contributed by atoms with Crippen LogP contribution in [-0.4, -0.2) is 53.6 Å². The van der Waals surface area contributed by atoms with Crippen LogP contribution >= 0.6 is 0 Å². The molecule has 0 bridgehead atoms. The number of nitrogens with two attached hydrogens (primary N) is 1. The Hall–Kier alpha value is -2.29. The Bertz CT molecular complexity index is 773. The summed E-state index contributed by atoms with van der Waals surface area (Å²) in [6.07, 6.45) is 20.4. The summed E-state index contributed by atoms with van der Waals surface area (Å²) in [4.78, 5) is 59.6. The van der Waals surface area contributed by atoms with E-state index in [-0.39, 0.29) is 42.1 Å². The molecule has 9 heteroatoms. The highest BCUT2D eigenvalue weighted by Crippen LogP contribution is 2.17. The standard InChI is InChI=1S/C34H63N3O6/c1-3-4-5-6-7-8-9-10-11-12-13-14-15-22-33(41)37-30(34(42)43)23-24-32(40)36-27-17-16-20-29(25-26-35)31(39)21-18-19-28(2)38/h29-30H,3-27,35H2,1-2H3,(H,36,40)(H,37,41)(H,42,43)/t29-,30+/m1/s1. The maximum absolute atomic E-state index is 12.4. The second-order valence-corrected chi connectivity index (χ2v) is 12.1. The van der Waals surface area contributed by atoms with E-state index in [1.807, 2.05) is 0 Å². The van der Waals surface area contributed by atoms with Crippen molar-refractivity contribution in [3.05, 3.63) is 0 Å². The first-order valence-electron chi connectivity index (χ1n) is 17.2. The lowest BCUT2D eigenvalue weighted by atomic mass is 9.91. The van der Waals surface area contributed by atoms with Crippen LogP contribution in [0.2, 0.25) is 0 Å². The fraction of sp³-hybridized carbons (Fsp3) is 0.853. The van der Waals surface area contributed by atoms with Gasteiger partial charge in [0.25, 0.3) is 0 Å². The number of ketones is 2. The van der Waals surface area contributed by atoms with Gasteiger partial charge >= 0.3 is 5.97 Å². The van der Waals surface area contributed by atoms with Crippen molar-refractivity contribution in [2.45, 2.75) is 168 Å². The number of aliphatic carboxylic acids is 1. The predicted octanol–water partition coefficient (Wildman–Crippen LogP) is 6.40. The number of unbranched alkanes of at least 4 members (excludes halogenated alkanes) is 13. The summed E-state index contributed by atoms with van der Waals surface area (Å²) in [7, 11) is 0. The molecule has 0 aromatic carbocycles. The molecule has 0 aliphatic heterocycles. The summed E-state index contributed by atoms with van der Waals surface area (Å²) in [6.45, 7) is 4.63. The van der Waals surface area contributed by atoms with Gasteiger partial charge in [0.05, 0.1) is 0 Å². The fourth-order valence-electron chi connectivity index (χ4n) is 5.32. The van der Waals surface area contributed by atoms with Gasteiger partial charge in [-0.15, -0.1) is 0 Å². The molecule has 0 fully saturated rings. The third-order valence-corrected chi connectivity index (χ3v) is 8.02. The second-order valence-electron chi connectivity index (χ2n) is 12.1. The first-order chi connectivity index (χ1) is 20.7. The maximum atomic E-state index is 12.4. The minimum Gasteiger partial charge on any atom is -0.480 e. The smallest absolute Gasteiger partial charge is 0.326 e. The van der Waals surface area contributed by atoms with Gasteiger partial charge in [-0.05, 0) is 52.0 Å². The fourth-order valence-corrected chi connectivity index (χ4v) is 5.32. The van der Waals surface area contributed by atoms with Crippen molar-refractivity contribution in [2.75, 3.05) is 13.1 Å². The lowest BCUT2D eigenvalue weighted by Crippen LogP contribution is -2.41. The third-order valence-electron chi connectivity index (χ3n) is 8.02. The molecule has 0 aromatic rings. The van der Waals surface area contributed by atoms with Gasteiger partial charge in [-0.3, -0.25) is 14.4 Å². The van der Waals surface area contributed by atoms with E-state index in [1.54, 1.807) is 0 Å². The average molecular weight is 610 g/mol. The van der Waals surface area contributed by atoms with Crippen molar-refractivity contribution in [3.63, 3.8) is 0 Å². The number of carboxylic acid groups (broad SMARTS) is 1. The largest absolute Gasteiger partial charge is 0.480 e. The number of carbonyl (C=O) groups excluding carboxylic acids is 4. The number of carbonyl (C=O) groups is 5. The van der Waals surface area contributed by atoms with Crippen molar-refractivity contribution < 1.29 is 29.1 Å². The van der Waals surface area contributed by atoms with Crippen LogP contribution in [0.4, 0.5) is 0 Å². The van der Waals surface area contributed by atoms with E-state index in [4.69, 9.17) is 5.73 Å². The van der Waals surface area contributed by atoms with Crippen LogP contribution < -0.4 is 16.4 Å². The maximum Gasteiger partial charge on any atom is 0.326 e. The predicted molar refractivity (Wildman–Crippen MR) is 173 cm³/mol. The van der Waals surface area contributed by atoms with Gasteiger partial charge in [-0.25, -0.2) is 4.79 Å². The SMILES string of the molecule is CCCCCCCCCCCCCCCC(=O)N[C@@H](CCC(=O)NCCCC[C@H](CCN)C(=O)CCCC(C)=O)C(=O)O. The molecule has 0 heterocycles. The molecule has 0 spiro atoms. The lowest BCUT2D eigenvalue weighted by molar-refractivity contribution is -0.142. The highest BCUT2D eigenvalue weighted by Gasteiger charge is 2.21. The van der Waals surface area contributed by atoms with Gasteiger partial charge in [-0.1, -0.05) is 90.4 Å². The number of hydrogen-bond acceptors (Lipinski definition) is 6. The summed E-state index contributed by atoms with van der Waals surface area (Å²) in [5, 5.41) is 14.9. The van der Waals surface area contributed by atoms with E-state index in [9.17, 15) is 29.1 Å². The normalized spacial score (nSPS) is 12.4. The van der Waals surface area contributed by atoms with Crippen LogP contribution in [0.25, 0.3) is 0 Å². The van der Waals surface area contributed by atoms with Crippen molar-refractivity contribution in [2.24, 2.45) is 11.7 Å². The van der Waals surface area contributed by atoms with Gasteiger partial charge in [0.15, 0.2) is 0 Å². The summed E-state index contributed by atoms with van der Waals surface area (Å²) in [5.41, 5.74) is 5.66. The molecule has 0 unspecified atom stereocenters. The number of hydrogen-bond donors (Lipinski definition) is 4. The van der Waals surface area contributed by atoms with E-state index >= 15 is 0 Å². The molecule has 43 heavy (non-hydrogen) atoms. The second kappa shape index (κ2) is 28.5. The third kappa shape index (κ3) is 25.9. The highest BCUT2D eigenvalue weighted by atomic mass is 16.4. The van der Waals surface area contributed by atoms with Gasteiger partial charge < -0.3 is 26.3 Å². The zero-order chi connectivity index (χ0) is 32.1. The van der Waals surface area contributed by atoms with Crippen molar-refractivity contribution in [3.8, 4) is 0 Å². The van der Waals surface area contributed by atoms with Crippen LogP contribution in [0, 0.1) is 5.92 Å². The van der Waals surface area contributed by atoms with E-state index in [0.29, 0.717) is 58.0 Å². The molecular formula is C34H63N3O6. The van der Waals surface area contributed by atoms with Gasteiger partial charge in [0.1, 0.15) is 17.6 Å². The van der Waals surface area contributed by atoms with E-state index in [1.165, 1.54) is 71.1 Å². The Labute approximate surface area is 261 Å². The first-order valence-corrected chi connectivity index (χ1v) is 17.2. The van der Waals surface area contributed by atoms with Crippen LogP contribution in [0.3, 0.4) is 0 Å². The van der Waals surface area contributed by atoms with Gasteiger partial charge in [0.2, 0.25) is 11.8 Å². The van der Waals surface area contributed by atoms with Crippen LogP contribution in [0.15, 0.2) is 0 Å². The number of carboxylic acids is 1. The topological polar surface area (TPSA) is 156 Å². The molecule has 250 valence electrons. The molecule has 0 radical (unpaired) electrons. The van der Waals surface area contributed by atoms with Gasteiger partial charge in [-0.2, -0.15) is 0 Å². The quantitative estimate of drug-likeness (QED) is 0.0663. The first kappa shape index (κ1) is 40.7. The number of rotatable bonds is 31. The molecule has 5 N–H and O–H groups in total. The summed E-state index contributed by atoms with van der Waals surface area (Å²) >= 11 is 0. The minimum absolute atomic E-state index is 0.0143. The molecule has 0 saturated heterocycles. The van der Waals surface area contributed by atoms with E-state index in [0.717, 1.165) is 25.7 Å². The molecule has 2 atom stereocenters. The van der Waals surface area contributed by atoms with Gasteiger partial charge in [0, 0.05) is 38.1 Å². The Morgan fingerprint density at radius 3 is 1.74 bits per heavy atom. The summed E-state index contributed by atoms with van der Waals surface area (Å²) < 4.78 is 0. The Morgan fingerprint density at radius 1 is 0.628 bits per heavy atom. The summed E-state index contributed by atoms with van der Waals surface area (Å²) in [5.74, 6) is -1.56. The van der Waals surface area contributed by atoms with E-state index < -0.39 is 12.0 Å². The molecule has 0 aliphatic carbocycles. The minimum atomic E-state index is -1.13. The van der Waals surface area contributed by atoms with Crippen LogP contribution in [0.1, 0.15) is 162 Å². The van der Waals surface area contributed by atoms with Crippen molar-refractivity contribution in [1.82, 2.24) is 10.6 Å². The molecular weight excluding hydrogens is 546 g/mol. The molecule has 0 aromatic heterocycles. The lowest BCUT2D eigenvalue weighted by Gasteiger charge is -2.15. The van der Waals surface area contributed by atoms with Crippen LogP contribution in [0.5, 0.6) is 0 Å². The van der Waals surface area contributed by atoms with E-state index in [2.05, 4.69) is 17.6 Å². The molecule has 0 saturated carbocycles. The van der Waals surface area contributed by atoms with Crippen molar-refractivity contribution >= 4 is 29.4 Å². The zero-order valence-electron chi connectivity index (χ0n) is 27.4. The molecule has 2 amide bonds.